The van der Waals surface area contributed by atoms with E-state index in [4.69, 9.17) is 0 Å². The number of nitrogens with zero attached hydrogens (tertiary/aromatic N) is 1. The van der Waals surface area contributed by atoms with Crippen LogP contribution in [0.25, 0.3) is 0 Å². The van der Waals surface area contributed by atoms with Gasteiger partial charge in [0.25, 0.3) is 0 Å². The third-order valence-corrected chi connectivity index (χ3v) is 6.20. The Bertz CT molecular complexity index is 700. The first-order valence-corrected chi connectivity index (χ1v) is 9.67. The van der Waals surface area contributed by atoms with E-state index in [0.717, 1.165) is 0 Å². The van der Waals surface area contributed by atoms with Crippen LogP contribution in [0.3, 0.4) is 0 Å². The van der Waals surface area contributed by atoms with Crippen molar-refractivity contribution in [3.8, 4) is 0 Å². The summed E-state index contributed by atoms with van der Waals surface area (Å²) < 4.78 is 23.2. The van der Waals surface area contributed by atoms with Crippen molar-refractivity contribution in [2.24, 2.45) is 0 Å². The molecule has 0 aromatic heterocycles. The fraction of sp³-hybridized carbons (Fsp3) is 0.588. The SMILES string of the molecule is Cc1ccc(CN(C)CC(=O)N[C@@]2(C)CCS(=O)(=O)C2)c(C)c1. The van der Waals surface area contributed by atoms with Gasteiger partial charge in [0.1, 0.15) is 0 Å². The molecule has 0 spiro atoms. The summed E-state index contributed by atoms with van der Waals surface area (Å²) in [5, 5.41) is 2.89. The first-order valence-electron chi connectivity index (χ1n) is 7.85. The van der Waals surface area contributed by atoms with Crippen LogP contribution < -0.4 is 5.32 Å². The molecule has 1 amide bonds. The molecular formula is C17H26N2O3S. The predicted octanol–water partition coefficient (Wildman–Crippen LogP) is 1.43. The number of rotatable bonds is 5. The van der Waals surface area contributed by atoms with Gasteiger partial charge in [-0.05, 0) is 45.4 Å². The van der Waals surface area contributed by atoms with Gasteiger partial charge in [-0.25, -0.2) is 8.42 Å². The lowest BCUT2D eigenvalue weighted by Gasteiger charge is -2.26. The van der Waals surface area contributed by atoms with Gasteiger partial charge in [-0.1, -0.05) is 23.8 Å². The van der Waals surface area contributed by atoms with Crippen molar-refractivity contribution in [3.63, 3.8) is 0 Å². The van der Waals surface area contributed by atoms with Crippen molar-refractivity contribution < 1.29 is 13.2 Å². The summed E-state index contributed by atoms with van der Waals surface area (Å²) in [5.41, 5.74) is 3.00. The zero-order valence-electron chi connectivity index (χ0n) is 14.3. The number of benzene rings is 1. The third-order valence-electron chi connectivity index (χ3n) is 4.30. The zero-order chi connectivity index (χ0) is 17.3. The summed E-state index contributed by atoms with van der Waals surface area (Å²) in [7, 11) is -1.12. The Morgan fingerprint density at radius 2 is 2.04 bits per heavy atom. The smallest absolute Gasteiger partial charge is 0.234 e. The Kier molecular flexibility index (Phi) is 5.16. The van der Waals surface area contributed by atoms with Crippen LogP contribution in [-0.2, 0) is 21.2 Å². The zero-order valence-corrected chi connectivity index (χ0v) is 15.2. The largest absolute Gasteiger partial charge is 0.349 e. The normalized spacial score (nSPS) is 23.2. The summed E-state index contributed by atoms with van der Waals surface area (Å²) in [4.78, 5) is 14.2. The number of likely N-dealkylation sites (N-methyl/N-ethyl adjacent to an activating group) is 1. The third kappa shape index (κ3) is 5.04. The van der Waals surface area contributed by atoms with Crippen molar-refractivity contribution >= 4 is 15.7 Å². The van der Waals surface area contributed by atoms with E-state index in [-0.39, 0.29) is 24.0 Å². The molecule has 0 unspecified atom stereocenters. The van der Waals surface area contributed by atoms with E-state index in [2.05, 4.69) is 37.4 Å². The average Bonchev–Trinajstić information content (AvgIpc) is 2.66. The van der Waals surface area contributed by atoms with Crippen LogP contribution in [0.2, 0.25) is 0 Å². The van der Waals surface area contributed by atoms with Gasteiger partial charge < -0.3 is 5.32 Å². The molecule has 6 heteroatoms. The molecule has 128 valence electrons. The molecule has 5 nitrogen and oxygen atoms in total. The molecule has 1 heterocycles. The highest BCUT2D eigenvalue weighted by molar-refractivity contribution is 7.91. The molecule has 1 aromatic rings. The Morgan fingerprint density at radius 3 is 2.61 bits per heavy atom. The van der Waals surface area contributed by atoms with Crippen molar-refractivity contribution in [1.29, 1.82) is 0 Å². The number of amides is 1. The highest BCUT2D eigenvalue weighted by Crippen LogP contribution is 2.22. The van der Waals surface area contributed by atoms with E-state index in [1.807, 2.05) is 11.9 Å². The Labute approximate surface area is 139 Å². The van der Waals surface area contributed by atoms with Gasteiger partial charge in [0.05, 0.1) is 23.6 Å². The molecular weight excluding hydrogens is 312 g/mol. The topological polar surface area (TPSA) is 66.5 Å². The molecule has 0 radical (unpaired) electrons. The van der Waals surface area contributed by atoms with Gasteiger partial charge in [0.15, 0.2) is 9.84 Å². The fourth-order valence-corrected chi connectivity index (χ4v) is 5.19. The lowest BCUT2D eigenvalue weighted by atomic mass is 10.0. The second-order valence-corrected chi connectivity index (χ2v) is 9.24. The summed E-state index contributed by atoms with van der Waals surface area (Å²) in [6.07, 6.45) is 0.488. The predicted molar refractivity (Wildman–Crippen MR) is 92.1 cm³/mol. The molecule has 1 N–H and O–H groups in total. The number of hydrogen-bond donors (Lipinski definition) is 1. The Morgan fingerprint density at radius 1 is 1.35 bits per heavy atom. The van der Waals surface area contributed by atoms with Crippen LogP contribution in [0.15, 0.2) is 18.2 Å². The summed E-state index contributed by atoms with van der Waals surface area (Å²) in [6.45, 7) is 6.88. The number of carbonyl (C=O) groups is 1. The lowest BCUT2D eigenvalue weighted by Crippen LogP contribution is -2.49. The van der Waals surface area contributed by atoms with E-state index in [0.29, 0.717) is 13.0 Å². The van der Waals surface area contributed by atoms with Gasteiger partial charge in [-0.2, -0.15) is 0 Å². The monoisotopic (exact) mass is 338 g/mol. The molecule has 1 aliphatic rings. The average molecular weight is 338 g/mol. The van der Waals surface area contributed by atoms with E-state index in [1.165, 1.54) is 16.7 Å². The molecule has 0 bridgehead atoms. The maximum absolute atomic E-state index is 12.2. The quantitative estimate of drug-likeness (QED) is 0.882. The molecule has 0 aliphatic carbocycles. The van der Waals surface area contributed by atoms with Crippen LogP contribution in [0.1, 0.15) is 30.0 Å². The molecule has 23 heavy (non-hydrogen) atoms. The van der Waals surface area contributed by atoms with E-state index < -0.39 is 15.4 Å². The maximum atomic E-state index is 12.2. The number of nitrogens with one attached hydrogen (secondary N) is 1. The van der Waals surface area contributed by atoms with Crippen molar-refractivity contribution in [2.45, 2.75) is 39.3 Å². The summed E-state index contributed by atoms with van der Waals surface area (Å²) >= 11 is 0. The molecule has 1 aromatic carbocycles. The second kappa shape index (κ2) is 6.61. The van der Waals surface area contributed by atoms with E-state index in [9.17, 15) is 13.2 Å². The molecule has 1 aliphatic heterocycles. The van der Waals surface area contributed by atoms with Crippen LogP contribution >= 0.6 is 0 Å². The van der Waals surface area contributed by atoms with Crippen LogP contribution in [0.5, 0.6) is 0 Å². The Balaban J connectivity index is 1.90. The number of hydrogen-bond acceptors (Lipinski definition) is 4. The van der Waals surface area contributed by atoms with Gasteiger partial charge >= 0.3 is 0 Å². The molecule has 1 atom stereocenters. The first kappa shape index (κ1) is 17.9. The summed E-state index contributed by atoms with van der Waals surface area (Å²) in [5.74, 6) is 0.0613. The molecule has 2 rings (SSSR count). The fourth-order valence-electron chi connectivity index (χ4n) is 3.10. The minimum absolute atomic E-state index is 0.0343. The van der Waals surface area contributed by atoms with Gasteiger partial charge in [-0.3, -0.25) is 9.69 Å². The minimum atomic E-state index is -3.01. The molecule has 0 saturated carbocycles. The summed E-state index contributed by atoms with van der Waals surface area (Å²) in [6, 6.07) is 6.29. The van der Waals surface area contributed by atoms with Crippen molar-refractivity contribution in [2.75, 3.05) is 25.1 Å². The van der Waals surface area contributed by atoms with Gasteiger partial charge in [0.2, 0.25) is 5.91 Å². The standard InChI is InChI=1S/C17H26N2O3S/c1-13-5-6-15(14(2)9-13)10-19(4)11-16(20)18-17(3)7-8-23(21,22)12-17/h5-6,9H,7-8,10-12H2,1-4H3,(H,18,20)/t17-/m0/s1. The Hall–Kier alpha value is -1.40. The van der Waals surface area contributed by atoms with Crippen LogP contribution in [0, 0.1) is 13.8 Å². The number of aryl methyl sites for hydroxylation is 2. The molecule has 1 saturated heterocycles. The highest BCUT2D eigenvalue weighted by atomic mass is 32.2. The molecule has 1 fully saturated rings. The first-order chi connectivity index (χ1) is 10.6. The van der Waals surface area contributed by atoms with Crippen molar-refractivity contribution in [1.82, 2.24) is 10.2 Å². The second-order valence-electron chi connectivity index (χ2n) is 7.05. The van der Waals surface area contributed by atoms with Gasteiger partial charge in [-0.15, -0.1) is 0 Å². The number of carbonyl (C=O) groups excluding carboxylic acids is 1. The van der Waals surface area contributed by atoms with E-state index >= 15 is 0 Å². The van der Waals surface area contributed by atoms with Crippen LogP contribution in [0.4, 0.5) is 0 Å². The number of sulfone groups is 1. The lowest BCUT2D eigenvalue weighted by molar-refractivity contribution is -0.123. The van der Waals surface area contributed by atoms with Gasteiger partial charge in [0, 0.05) is 6.54 Å². The van der Waals surface area contributed by atoms with Crippen LogP contribution in [-0.4, -0.2) is 49.9 Å². The highest BCUT2D eigenvalue weighted by Gasteiger charge is 2.39. The van der Waals surface area contributed by atoms with E-state index in [1.54, 1.807) is 6.92 Å². The minimum Gasteiger partial charge on any atom is -0.349 e. The van der Waals surface area contributed by atoms with Crippen molar-refractivity contribution in [3.05, 3.63) is 34.9 Å². The maximum Gasteiger partial charge on any atom is 0.234 e.